The number of alkyl halides is 3. The minimum absolute atomic E-state index is 0.0653. The molecule has 30 heavy (non-hydrogen) atoms. The summed E-state index contributed by atoms with van der Waals surface area (Å²) in [4.78, 5) is 26.5. The molecule has 0 bridgehead atoms. The number of piperazine rings is 1. The van der Waals surface area contributed by atoms with E-state index in [0.717, 1.165) is 6.07 Å². The molecule has 10 heteroatoms. The maximum Gasteiger partial charge on any atom is 0.418 e. The van der Waals surface area contributed by atoms with Gasteiger partial charge < -0.3 is 14.5 Å². The van der Waals surface area contributed by atoms with Gasteiger partial charge in [-0.05, 0) is 38.5 Å². The maximum absolute atomic E-state index is 13.8. The molecule has 2 amide bonds. The average Bonchev–Trinajstić information content (AvgIpc) is 2.66. The van der Waals surface area contributed by atoms with Crippen LogP contribution in [0.4, 0.5) is 23.7 Å². The van der Waals surface area contributed by atoms with Crippen LogP contribution in [0.25, 0.3) is 0 Å². The lowest BCUT2D eigenvalue weighted by Crippen LogP contribution is -2.50. The van der Waals surface area contributed by atoms with Crippen LogP contribution in [0.15, 0.2) is 23.3 Å². The number of nitrogens with zero attached hydrogens (tertiary/aromatic N) is 3. The van der Waals surface area contributed by atoms with E-state index in [9.17, 15) is 22.8 Å². The van der Waals surface area contributed by atoms with Crippen molar-refractivity contribution in [3.63, 3.8) is 0 Å². The largest absolute Gasteiger partial charge is 0.444 e. The van der Waals surface area contributed by atoms with Gasteiger partial charge in [-0.15, -0.1) is 0 Å². The van der Waals surface area contributed by atoms with E-state index in [0.29, 0.717) is 11.3 Å². The minimum atomic E-state index is -4.55. The number of carbonyl (C=O) groups excluding carboxylic acids is 2. The van der Waals surface area contributed by atoms with Crippen LogP contribution in [0.3, 0.4) is 0 Å². The van der Waals surface area contributed by atoms with Crippen molar-refractivity contribution < 1.29 is 27.5 Å². The first-order valence-electron chi connectivity index (χ1n) is 9.74. The van der Waals surface area contributed by atoms with Gasteiger partial charge in [0.05, 0.1) is 11.3 Å². The summed E-state index contributed by atoms with van der Waals surface area (Å²) in [6.45, 7) is 6.36. The molecule has 0 radical (unpaired) electrons. The summed E-state index contributed by atoms with van der Waals surface area (Å²) in [5, 5.41) is 3.88. The third kappa shape index (κ3) is 5.22. The van der Waals surface area contributed by atoms with Crippen LogP contribution in [-0.4, -0.2) is 54.4 Å². The molecule has 3 rings (SSSR count). The summed E-state index contributed by atoms with van der Waals surface area (Å²) in [6.07, 6.45) is -4.54. The fraction of sp³-hybridized carbons (Fsp3) is 0.550. The number of benzene rings is 1. The highest BCUT2D eigenvalue weighted by Crippen LogP contribution is 2.38. The van der Waals surface area contributed by atoms with Gasteiger partial charge in [-0.3, -0.25) is 4.79 Å². The van der Waals surface area contributed by atoms with E-state index in [4.69, 9.17) is 4.74 Å². The summed E-state index contributed by atoms with van der Waals surface area (Å²) in [5.41, 5.74) is 1.73. The smallest absolute Gasteiger partial charge is 0.418 e. The molecule has 0 unspecified atom stereocenters. The Morgan fingerprint density at radius 1 is 1.10 bits per heavy atom. The van der Waals surface area contributed by atoms with Gasteiger partial charge in [0.25, 0.3) is 0 Å². The summed E-state index contributed by atoms with van der Waals surface area (Å²) in [7, 11) is 0. The van der Waals surface area contributed by atoms with Gasteiger partial charge >= 0.3 is 12.3 Å². The van der Waals surface area contributed by atoms with Gasteiger partial charge in [0, 0.05) is 44.7 Å². The van der Waals surface area contributed by atoms with Crippen LogP contribution in [0.2, 0.25) is 0 Å². The number of hydrogen-bond acceptors (Lipinski definition) is 5. The number of ether oxygens (including phenoxy) is 1. The van der Waals surface area contributed by atoms with E-state index in [1.165, 1.54) is 11.0 Å². The lowest BCUT2D eigenvalue weighted by Gasteiger charge is -2.37. The van der Waals surface area contributed by atoms with Crippen molar-refractivity contribution >= 4 is 23.4 Å². The van der Waals surface area contributed by atoms with Crippen molar-refractivity contribution in [1.29, 1.82) is 0 Å². The number of amides is 2. The highest BCUT2D eigenvalue weighted by atomic mass is 19.4. The molecule has 0 aliphatic carbocycles. The predicted octanol–water partition coefficient (Wildman–Crippen LogP) is 3.38. The van der Waals surface area contributed by atoms with E-state index in [1.807, 2.05) is 0 Å². The Labute approximate surface area is 172 Å². The topological polar surface area (TPSA) is 74.2 Å². The van der Waals surface area contributed by atoms with Gasteiger partial charge in [-0.25, -0.2) is 10.2 Å². The number of halogens is 3. The van der Waals surface area contributed by atoms with Gasteiger partial charge in [0.15, 0.2) is 0 Å². The number of anilines is 1. The van der Waals surface area contributed by atoms with Crippen LogP contribution >= 0.6 is 0 Å². The SMILES string of the molecule is CC(C)(C)OC(=O)N1CCN(c2ccc(C3=NNC(=O)CC3)cc2C(F)(F)F)CC1. The molecular formula is C20H25F3N4O3. The zero-order valence-corrected chi connectivity index (χ0v) is 17.2. The van der Waals surface area contributed by atoms with E-state index >= 15 is 0 Å². The maximum atomic E-state index is 13.8. The number of carbonyl (C=O) groups is 2. The normalized spacial score (nSPS) is 18.1. The molecule has 2 aliphatic rings. The highest BCUT2D eigenvalue weighted by molar-refractivity contribution is 6.04. The third-order valence-corrected chi connectivity index (χ3v) is 4.81. The van der Waals surface area contributed by atoms with Crippen molar-refractivity contribution in [3.8, 4) is 0 Å². The Balaban J connectivity index is 1.78. The molecule has 0 spiro atoms. The molecule has 2 heterocycles. The molecule has 0 aromatic heterocycles. The number of hydrazone groups is 1. The summed E-state index contributed by atoms with van der Waals surface area (Å²) < 4.78 is 46.7. The van der Waals surface area contributed by atoms with Crippen molar-refractivity contribution in [1.82, 2.24) is 10.3 Å². The second-order valence-corrected chi connectivity index (χ2v) is 8.28. The molecule has 1 N–H and O–H groups in total. The van der Waals surface area contributed by atoms with Crippen LogP contribution in [0, 0.1) is 0 Å². The zero-order chi connectivity index (χ0) is 22.1. The Morgan fingerprint density at radius 2 is 1.77 bits per heavy atom. The molecule has 164 valence electrons. The summed E-state index contributed by atoms with van der Waals surface area (Å²) in [6, 6.07) is 4.09. The molecule has 1 aromatic carbocycles. The molecular weight excluding hydrogens is 401 g/mol. The molecule has 0 saturated carbocycles. The third-order valence-electron chi connectivity index (χ3n) is 4.81. The van der Waals surface area contributed by atoms with Gasteiger partial charge in [0.1, 0.15) is 5.60 Å². The monoisotopic (exact) mass is 426 g/mol. The van der Waals surface area contributed by atoms with Crippen molar-refractivity contribution in [2.24, 2.45) is 5.10 Å². The van der Waals surface area contributed by atoms with Crippen molar-refractivity contribution in [2.45, 2.75) is 45.4 Å². The zero-order valence-electron chi connectivity index (χ0n) is 17.2. The fourth-order valence-corrected chi connectivity index (χ4v) is 3.36. The van der Waals surface area contributed by atoms with Crippen molar-refractivity contribution in [3.05, 3.63) is 29.3 Å². The molecule has 1 aromatic rings. The molecule has 7 nitrogen and oxygen atoms in total. The number of nitrogens with one attached hydrogen (secondary N) is 1. The standard InChI is InChI=1S/C20H25F3N4O3/c1-19(2,3)30-18(29)27-10-8-26(9-11-27)16-6-4-13(12-14(16)20(21,22)23)15-5-7-17(28)25-24-15/h4,6,12H,5,7-11H2,1-3H3,(H,25,28). The fourth-order valence-electron chi connectivity index (χ4n) is 3.36. The Morgan fingerprint density at radius 3 is 2.30 bits per heavy atom. The molecule has 1 saturated heterocycles. The highest BCUT2D eigenvalue weighted by Gasteiger charge is 2.37. The number of rotatable bonds is 2. The number of hydrogen-bond donors (Lipinski definition) is 1. The van der Waals surface area contributed by atoms with Gasteiger partial charge in [-0.2, -0.15) is 18.3 Å². The first-order chi connectivity index (χ1) is 13.9. The lowest BCUT2D eigenvalue weighted by molar-refractivity contribution is -0.137. The average molecular weight is 426 g/mol. The Kier molecular flexibility index (Phi) is 5.96. The summed E-state index contributed by atoms with van der Waals surface area (Å²) in [5.74, 6) is -0.255. The lowest BCUT2D eigenvalue weighted by atomic mass is 10.00. The van der Waals surface area contributed by atoms with Crippen molar-refractivity contribution in [2.75, 3.05) is 31.1 Å². The van der Waals surface area contributed by atoms with E-state index in [-0.39, 0.29) is 50.6 Å². The first-order valence-corrected chi connectivity index (χ1v) is 9.74. The minimum Gasteiger partial charge on any atom is -0.444 e. The Bertz CT molecular complexity index is 854. The van der Waals surface area contributed by atoms with Crippen LogP contribution in [0.1, 0.15) is 44.7 Å². The van der Waals surface area contributed by atoms with E-state index < -0.39 is 23.4 Å². The summed E-state index contributed by atoms with van der Waals surface area (Å²) >= 11 is 0. The predicted molar refractivity (Wildman–Crippen MR) is 105 cm³/mol. The molecule has 2 aliphatic heterocycles. The van der Waals surface area contributed by atoms with E-state index in [1.54, 1.807) is 31.7 Å². The first kappa shape index (κ1) is 21.9. The second-order valence-electron chi connectivity index (χ2n) is 8.28. The van der Waals surface area contributed by atoms with Crippen LogP contribution < -0.4 is 10.3 Å². The quantitative estimate of drug-likeness (QED) is 0.787. The van der Waals surface area contributed by atoms with Crippen LogP contribution in [0.5, 0.6) is 0 Å². The van der Waals surface area contributed by atoms with E-state index in [2.05, 4.69) is 10.5 Å². The van der Waals surface area contributed by atoms with Crippen LogP contribution in [-0.2, 0) is 15.7 Å². The molecule has 0 atom stereocenters. The Hall–Kier alpha value is -2.78. The molecule has 1 fully saturated rings. The van der Waals surface area contributed by atoms with Gasteiger partial charge in [-0.1, -0.05) is 6.07 Å². The van der Waals surface area contributed by atoms with Gasteiger partial charge in [0.2, 0.25) is 5.91 Å². The second kappa shape index (κ2) is 8.16.